The minimum Gasteiger partial charge on any atom is -0.469 e. The minimum atomic E-state index is -0.173. The number of rotatable bonds is 7. The number of nitrogens with zero attached hydrogens (tertiary/aromatic N) is 3. The summed E-state index contributed by atoms with van der Waals surface area (Å²) >= 11 is 0. The number of methoxy groups -OCH3 is 1. The zero-order chi connectivity index (χ0) is 26.4. The first-order chi connectivity index (χ1) is 16.8. The summed E-state index contributed by atoms with van der Waals surface area (Å²) in [5, 5.41) is 7.51. The normalized spacial score (nSPS) is 12.1. The summed E-state index contributed by atoms with van der Waals surface area (Å²) in [6.45, 7) is 16.5. The Balaban J connectivity index is 0.000000926. The maximum Gasteiger partial charge on any atom is 0.305 e. The van der Waals surface area contributed by atoms with Crippen molar-refractivity contribution >= 4 is 17.7 Å². The van der Waals surface area contributed by atoms with E-state index in [1.54, 1.807) is 15.8 Å². The highest BCUT2D eigenvalue weighted by atomic mass is 16.5. The van der Waals surface area contributed by atoms with Crippen molar-refractivity contribution in [2.75, 3.05) is 19.0 Å². The molecule has 1 amide bonds. The molecule has 1 N–H and O–H groups in total. The molecule has 1 aromatic carbocycles. The van der Waals surface area contributed by atoms with Crippen LogP contribution in [0, 0.1) is 6.92 Å². The van der Waals surface area contributed by atoms with E-state index in [0.717, 1.165) is 48.3 Å². The highest BCUT2D eigenvalue weighted by Crippen LogP contribution is 2.24. The molecule has 1 aromatic heterocycles. The van der Waals surface area contributed by atoms with Gasteiger partial charge in [-0.25, -0.2) is 0 Å². The molecule has 0 saturated heterocycles. The van der Waals surface area contributed by atoms with E-state index in [4.69, 9.17) is 0 Å². The second kappa shape index (κ2) is 15.5. The number of allylic oxidation sites excluding steroid dienone is 1. The number of esters is 1. The molecule has 0 aliphatic carbocycles. The van der Waals surface area contributed by atoms with Crippen LogP contribution in [0.25, 0.3) is 0 Å². The van der Waals surface area contributed by atoms with E-state index < -0.39 is 0 Å². The van der Waals surface area contributed by atoms with Crippen LogP contribution in [0.1, 0.15) is 73.5 Å². The third-order valence-corrected chi connectivity index (χ3v) is 5.52. The molecular formula is C28H42N4O3. The molecule has 0 saturated carbocycles. The van der Waals surface area contributed by atoms with Crippen molar-refractivity contribution in [1.29, 1.82) is 0 Å². The first-order valence-corrected chi connectivity index (χ1v) is 12.3. The number of carbonyl (C=O) groups excluding carboxylic acids is 2. The van der Waals surface area contributed by atoms with Gasteiger partial charge < -0.3 is 15.0 Å². The van der Waals surface area contributed by atoms with Crippen molar-refractivity contribution in [3.63, 3.8) is 0 Å². The number of aryl methyl sites for hydroxylation is 3. The fourth-order valence-corrected chi connectivity index (χ4v) is 3.58. The van der Waals surface area contributed by atoms with E-state index in [9.17, 15) is 9.59 Å². The molecule has 0 radical (unpaired) electrons. The van der Waals surface area contributed by atoms with Gasteiger partial charge in [0.25, 0.3) is 5.91 Å². The average Bonchev–Trinajstić information content (AvgIpc) is 3.10. The summed E-state index contributed by atoms with van der Waals surface area (Å²) in [5.74, 6) is 0.682. The Kier molecular flexibility index (Phi) is 13.2. The van der Waals surface area contributed by atoms with Crippen molar-refractivity contribution in [2.24, 2.45) is 7.05 Å². The Hall–Kier alpha value is -3.35. The average molecular weight is 483 g/mol. The van der Waals surface area contributed by atoms with Crippen molar-refractivity contribution in [1.82, 2.24) is 14.7 Å². The Morgan fingerprint density at radius 3 is 2.51 bits per heavy atom. The zero-order valence-corrected chi connectivity index (χ0v) is 22.3. The molecule has 0 atom stereocenters. The van der Waals surface area contributed by atoms with Crippen LogP contribution < -0.4 is 5.32 Å². The summed E-state index contributed by atoms with van der Waals surface area (Å²) in [6, 6.07) is 5.85. The molecule has 0 spiro atoms. The van der Waals surface area contributed by atoms with Gasteiger partial charge in [0.1, 0.15) is 5.82 Å². The molecule has 7 heteroatoms. The predicted molar refractivity (Wildman–Crippen MR) is 143 cm³/mol. The number of anilines is 1. The molecule has 2 heterocycles. The van der Waals surface area contributed by atoms with Crippen molar-refractivity contribution in [2.45, 2.75) is 66.3 Å². The van der Waals surface area contributed by atoms with Gasteiger partial charge in [-0.2, -0.15) is 5.10 Å². The van der Waals surface area contributed by atoms with Crippen LogP contribution in [0.4, 0.5) is 5.82 Å². The number of amides is 1. The monoisotopic (exact) mass is 482 g/mol. The van der Waals surface area contributed by atoms with Gasteiger partial charge in [0.2, 0.25) is 0 Å². The smallest absolute Gasteiger partial charge is 0.305 e. The number of unbranched alkanes of at least 4 members (excludes halogenated alkanes) is 1. The van der Waals surface area contributed by atoms with Crippen LogP contribution in [0.2, 0.25) is 0 Å². The molecule has 2 aromatic rings. The van der Waals surface area contributed by atoms with Crippen molar-refractivity contribution < 1.29 is 14.3 Å². The van der Waals surface area contributed by atoms with Gasteiger partial charge in [-0.05, 0) is 55.9 Å². The quantitative estimate of drug-likeness (QED) is 0.306. The van der Waals surface area contributed by atoms with Gasteiger partial charge in [0, 0.05) is 30.3 Å². The first kappa shape index (κ1) is 29.7. The van der Waals surface area contributed by atoms with Gasteiger partial charge in [-0.3, -0.25) is 14.3 Å². The third-order valence-electron chi connectivity index (χ3n) is 5.52. The van der Waals surface area contributed by atoms with E-state index in [1.165, 1.54) is 12.7 Å². The Morgan fingerprint density at radius 2 is 1.91 bits per heavy atom. The molecule has 35 heavy (non-hydrogen) atoms. The van der Waals surface area contributed by atoms with Gasteiger partial charge in [-0.15, -0.1) is 6.58 Å². The maximum atomic E-state index is 13.1. The van der Waals surface area contributed by atoms with E-state index >= 15 is 0 Å². The molecule has 1 aliphatic rings. The molecule has 0 unspecified atom stereocenters. The van der Waals surface area contributed by atoms with Crippen LogP contribution in [-0.4, -0.2) is 40.2 Å². The van der Waals surface area contributed by atoms with Crippen LogP contribution in [0.5, 0.6) is 0 Å². The molecule has 7 nitrogen and oxygen atoms in total. The lowest BCUT2D eigenvalue weighted by atomic mass is 9.99. The minimum absolute atomic E-state index is 0.0232. The Labute approximate surface area is 210 Å². The number of hydrogen-bond donors (Lipinski definition) is 1. The maximum absolute atomic E-state index is 13.1. The Morgan fingerprint density at radius 1 is 1.23 bits per heavy atom. The van der Waals surface area contributed by atoms with Crippen LogP contribution in [0.3, 0.4) is 0 Å². The van der Waals surface area contributed by atoms with Crippen LogP contribution in [0.15, 0.2) is 49.3 Å². The standard InChI is InChI=1S/C22H28N4O3.C4H8.C2H6/c1-15-11-18(10-9-17(15)7-5-6-8-20(27)29-4)22(28)26-13-16(2)24-21-19(14-26)12-23-25(21)3;1-3-4-2;1-2/h9-12,24H,2,5-8,13-14H2,1,3-4H3;3H,1,4H2,2H3;1-2H3. The third kappa shape index (κ3) is 9.08. The second-order valence-corrected chi connectivity index (χ2v) is 8.15. The highest BCUT2D eigenvalue weighted by Gasteiger charge is 2.24. The highest BCUT2D eigenvalue weighted by molar-refractivity contribution is 5.95. The first-order valence-electron chi connectivity index (χ1n) is 12.3. The van der Waals surface area contributed by atoms with Gasteiger partial charge >= 0.3 is 5.97 Å². The summed E-state index contributed by atoms with van der Waals surface area (Å²) in [5.41, 5.74) is 4.68. The lowest BCUT2D eigenvalue weighted by Crippen LogP contribution is -2.31. The van der Waals surface area contributed by atoms with Crippen molar-refractivity contribution in [3.8, 4) is 0 Å². The molecule has 0 bridgehead atoms. The summed E-state index contributed by atoms with van der Waals surface area (Å²) in [7, 11) is 3.27. The van der Waals surface area contributed by atoms with Gasteiger partial charge in [0.05, 0.1) is 26.4 Å². The van der Waals surface area contributed by atoms with E-state index in [-0.39, 0.29) is 11.9 Å². The number of ether oxygens (including phenoxy) is 1. The number of carbonyl (C=O) groups is 2. The molecular weight excluding hydrogens is 440 g/mol. The number of aromatic nitrogens is 2. The van der Waals surface area contributed by atoms with E-state index in [2.05, 4.69) is 35.2 Å². The van der Waals surface area contributed by atoms with Crippen LogP contribution >= 0.6 is 0 Å². The Bertz CT molecular complexity index is 994. The number of fused-ring (bicyclic) bond motifs is 1. The largest absolute Gasteiger partial charge is 0.469 e. The van der Waals surface area contributed by atoms with E-state index in [0.29, 0.717) is 25.1 Å². The lowest BCUT2D eigenvalue weighted by Gasteiger charge is -2.21. The predicted octanol–water partition coefficient (Wildman–Crippen LogP) is 5.80. The van der Waals surface area contributed by atoms with E-state index in [1.807, 2.05) is 52.1 Å². The number of benzene rings is 1. The SMILES string of the molecule is C=C1CN(C(=O)c2ccc(CCCCC(=O)OC)c(C)c2)Cc2cnn(C)c2N1.C=CCC.CC. The lowest BCUT2D eigenvalue weighted by molar-refractivity contribution is -0.140. The molecule has 3 rings (SSSR count). The number of hydrogen-bond acceptors (Lipinski definition) is 5. The van der Waals surface area contributed by atoms with Crippen LogP contribution in [-0.2, 0) is 29.5 Å². The topological polar surface area (TPSA) is 76.5 Å². The summed E-state index contributed by atoms with van der Waals surface area (Å²) in [4.78, 5) is 26.1. The molecule has 1 aliphatic heterocycles. The van der Waals surface area contributed by atoms with Gasteiger partial charge in [0.15, 0.2) is 0 Å². The molecule has 0 fully saturated rings. The van der Waals surface area contributed by atoms with Gasteiger partial charge in [-0.1, -0.05) is 39.5 Å². The molecule has 192 valence electrons. The number of nitrogens with one attached hydrogen (secondary N) is 1. The zero-order valence-electron chi connectivity index (χ0n) is 22.3. The fraction of sp³-hybridized carbons (Fsp3) is 0.464. The second-order valence-electron chi connectivity index (χ2n) is 8.15. The van der Waals surface area contributed by atoms with Crippen molar-refractivity contribution in [3.05, 3.63) is 71.6 Å². The fourth-order valence-electron chi connectivity index (χ4n) is 3.58. The summed E-state index contributed by atoms with van der Waals surface area (Å²) in [6.07, 6.45) is 7.76. The summed E-state index contributed by atoms with van der Waals surface area (Å²) < 4.78 is 6.43.